The summed E-state index contributed by atoms with van der Waals surface area (Å²) in [6, 6.07) is 0.192. The summed E-state index contributed by atoms with van der Waals surface area (Å²) in [6.07, 6.45) is 3.97. The molecule has 1 fully saturated rings. The Morgan fingerprint density at radius 3 is 2.56 bits per heavy atom. The number of hydrogen-bond acceptors (Lipinski definition) is 3. The number of ether oxygens (including phenoxy) is 1. The predicted octanol–water partition coefficient (Wildman–Crippen LogP) is 1.22. The largest absolute Gasteiger partial charge is 0.393 e. The minimum Gasteiger partial charge on any atom is -0.393 e. The molecule has 0 aromatic heterocycles. The van der Waals surface area contributed by atoms with Crippen LogP contribution in [0.2, 0.25) is 0 Å². The summed E-state index contributed by atoms with van der Waals surface area (Å²) in [7, 11) is 0. The molecule has 2 N–H and O–H groups in total. The molecule has 0 bridgehead atoms. The molecule has 0 atom stereocenters. The Hall–Kier alpha value is -0.610. The zero-order chi connectivity index (χ0) is 12.0. The lowest BCUT2D eigenvalue weighted by molar-refractivity contribution is -0.123. The minimum absolute atomic E-state index is 0.0471. The van der Waals surface area contributed by atoms with Crippen molar-refractivity contribution in [1.82, 2.24) is 5.32 Å². The van der Waals surface area contributed by atoms with E-state index >= 15 is 0 Å². The molecule has 1 amide bonds. The summed E-state index contributed by atoms with van der Waals surface area (Å²) in [4.78, 5) is 11.3. The molecule has 1 aliphatic rings. The second kappa shape index (κ2) is 6.86. The SMILES string of the molecule is CC(C)NC(=O)CCOC1CCC(O)CC1. The van der Waals surface area contributed by atoms with Crippen LogP contribution in [0.4, 0.5) is 0 Å². The molecule has 16 heavy (non-hydrogen) atoms. The number of carbonyl (C=O) groups excluding carboxylic acids is 1. The number of carbonyl (C=O) groups is 1. The average Bonchev–Trinajstić information content (AvgIpc) is 2.20. The number of nitrogens with one attached hydrogen (secondary N) is 1. The van der Waals surface area contributed by atoms with Crippen LogP contribution in [-0.4, -0.2) is 35.9 Å². The van der Waals surface area contributed by atoms with E-state index < -0.39 is 0 Å². The van der Waals surface area contributed by atoms with Gasteiger partial charge in [0.15, 0.2) is 0 Å². The first-order valence-corrected chi connectivity index (χ1v) is 6.17. The van der Waals surface area contributed by atoms with Crippen LogP contribution >= 0.6 is 0 Å². The van der Waals surface area contributed by atoms with Gasteiger partial charge in [0.25, 0.3) is 0 Å². The van der Waals surface area contributed by atoms with Gasteiger partial charge in [-0.15, -0.1) is 0 Å². The van der Waals surface area contributed by atoms with Crippen molar-refractivity contribution in [2.45, 2.75) is 64.2 Å². The average molecular weight is 229 g/mol. The second-order valence-corrected chi connectivity index (χ2v) is 4.77. The molecule has 1 saturated carbocycles. The third-order valence-electron chi connectivity index (χ3n) is 2.78. The van der Waals surface area contributed by atoms with E-state index in [0.717, 1.165) is 25.7 Å². The lowest BCUT2D eigenvalue weighted by Gasteiger charge is -2.25. The second-order valence-electron chi connectivity index (χ2n) is 4.77. The van der Waals surface area contributed by atoms with Crippen LogP contribution in [0.3, 0.4) is 0 Å². The molecule has 0 unspecified atom stereocenters. The van der Waals surface area contributed by atoms with Crippen molar-refractivity contribution in [2.75, 3.05) is 6.61 Å². The quantitative estimate of drug-likeness (QED) is 0.745. The maximum atomic E-state index is 11.3. The van der Waals surface area contributed by atoms with Gasteiger partial charge in [0.1, 0.15) is 0 Å². The minimum atomic E-state index is -0.149. The number of rotatable bonds is 5. The zero-order valence-electron chi connectivity index (χ0n) is 10.2. The highest BCUT2D eigenvalue weighted by atomic mass is 16.5. The molecule has 1 rings (SSSR count). The number of amides is 1. The Balaban J connectivity index is 2.04. The van der Waals surface area contributed by atoms with Crippen LogP contribution < -0.4 is 5.32 Å². The van der Waals surface area contributed by atoms with Crippen molar-refractivity contribution in [3.05, 3.63) is 0 Å². The van der Waals surface area contributed by atoms with E-state index in [1.807, 2.05) is 13.8 Å². The molecule has 0 spiro atoms. The van der Waals surface area contributed by atoms with Gasteiger partial charge in [-0.25, -0.2) is 0 Å². The van der Waals surface area contributed by atoms with Crippen molar-refractivity contribution in [3.8, 4) is 0 Å². The van der Waals surface area contributed by atoms with Crippen molar-refractivity contribution in [3.63, 3.8) is 0 Å². The molecule has 4 nitrogen and oxygen atoms in total. The van der Waals surface area contributed by atoms with Gasteiger partial charge in [0, 0.05) is 12.5 Å². The molecule has 0 heterocycles. The van der Waals surface area contributed by atoms with E-state index in [9.17, 15) is 9.90 Å². The molecule has 0 aromatic carbocycles. The molecule has 94 valence electrons. The number of aliphatic hydroxyl groups excluding tert-OH is 1. The fourth-order valence-electron chi connectivity index (χ4n) is 1.92. The van der Waals surface area contributed by atoms with Gasteiger partial charge in [-0.2, -0.15) is 0 Å². The van der Waals surface area contributed by atoms with Gasteiger partial charge in [-0.05, 0) is 39.5 Å². The van der Waals surface area contributed by atoms with E-state index in [-0.39, 0.29) is 24.2 Å². The van der Waals surface area contributed by atoms with Crippen LogP contribution in [0, 0.1) is 0 Å². The lowest BCUT2D eigenvalue weighted by atomic mass is 9.95. The van der Waals surface area contributed by atoms with Crippen LogP contribution in [-0.2, 0) is 9.53 Å². The van der Waals surface area contributed by atoms with Gasteiger partial charge in [-0.3, -0.25) is 4.79 Å². The van der Waals surface area contributed by atoms with Gasteiger partial charge in [-0.1, -0.05) is 0 Å². The van der Waals surface area contributed by atoms with Crippen molar-refractivity contribution in [2.24, 2.45) is 0 Å². The summed E-state index contributed by atoms with van der Waals surface area (Å²) in [5.74, 6) is 0.0471. The van der Waals surface area contributed by atoms with E-state index in [1.54, 1.807) is 0 Å². The van der Waals surface area contributed by atoms with Crippen LogP contribution in [0.25, 0.3) is 0 Å². The fraction of sp³-hybridized carbons (Fsp3) is 0.917. The molecular weight excluding hydrogens is 206 g/mol. The van der Waals surface area contributed by atoms with E-state index in [4.69, 9.17) is 4.74 Å². The third-order valence-corrected chi connectivity index (χ3v) is 2.78. The standard InChI is InChI=1S/C12H23NO3/c1-9(2)13-12(15)7-8-16-11-5-3-10(14)4-6-11/h9-11,14H,3-8H2,1-2H3,(H,13,15). The summed E-state index contributed by atoms with van der Waals surface area (Å²) in [6.45, 7) is 4.38. The smallest absolute Gasteiger partial charge is 0.222 e. The van der Waals surface area contributed by atoms with E-state index in [1.165, 1.54) is 0 Å². The maximum Gasteiger partial charge on any atom is 0.222 e. The van der Waals surface area contributed by atoms with Gasteiger partial charge < -0.3 is 15.2 Å². The van der Waals surface area contributed by atoms with Gasteiger partial charge >= 0.3 is 0 Å². The molecule has 4 heteroatoms. The first-order chi connectivity index (χ1) is 7.58. The van der Waals surface area contributed by atoms with Crippen molar-refractivity contribution in [1.29, 1.82) is 0 Å². The van der Waals surface area contributed by atoms with Crippen molar-refractivity contribution < 1.29 is 14.6 Å². The monoisotopic (exact) mass is 229 g/mol. The molecule has 1 aliphatic carbocycles. The summed E-state index contributed by atoms with van der Waals surface area (Å²) in [5.41, 5.74) is 0. The van der Waals surface area contributed by atoms with Crippen LogP contribution in [0.15, 0.2) is 0 Å². The van der Waals surface area contributed by atoms with E-state index in [2.05, 4.69) is 5.32 Å². The molecule has 0 aliphatic heterocycles. The Morgan fingerprint density at radius 2 is 2.00 bits per heavy atom. The van der Waals surface area contributed by atoms with Gasteiger partial charge in [0.05, 0.1) is 18.8 Å². The first kappa shape index (κ1) is 13.5. The van der Waals surface area contributed by atoms with Gasteiger partial charge in [0.2, 0.25) is 5.91 Å². The Bertz CT molecular complexity index is 210. The normalized spacial score (nSPS) is 25.8. The molecule has 0 aromatic rings. The highest BCUT2D eigenvalue weighted by molar-refractivity contribution is 5.76. The third kappa shape index (κ3) is 5.47. The Labute approximate surface area is 97.4 Å². The van der Waals surface area contributed by atoms with Crippen LogP contribution in [0.1, 0.15) is 46.0 Å². The highest BCUT2D eigenvalue weighted by Gasteiger charge is 2.19. The van der Waals surface area contributed by atoms with Crippen molar-refractivity contribution >= 4 is 5.91 Å². The first-order valence-electron chi connectivity index (χ1n) is 6.17. The number of hydrogen-bond donors (Lipinski definition) is 2. The number of aliphatic hydroxyl groups is 1. The molecule has 0 saturated heterocycles. The zero-order valence-corrected chi connectivity index (χ0v) is 10.2. The fourth-order valence-corrected chi connectivity index (χ4v) is 1.92. The van der Waals surface area contributed by atoms with E-state index in [0.29, 0.717) is 13.0 Å². The highest BCUT2D eigenvalue weighted by Crippen LogP contribution is 2.20. The topological polar surface area (TPSA) is 58.6 Å². The Kier molecular flexibility index (Phi) is 5.77. The lowest BCUT2D eigenvalue weighted by Crippen LogP contribution is -2.31. The summed E-state index contributed by atoms with van der Waals surface area (Å²) in [5, 5.41) is 12.1. The molecular formula is C12H23NO3. The predicted molar refractivity (Wildman–Crippen MR) is 62.1 cm³/mol. The van der Waals surface area contributed by atoms with Crippen LogP contribution in [0.5, 0.6) is 0 Å². The maximum absolute atomic E-state index is 11.3. The summed E-state index contributed by atoms with van der Waals surface area (Å²) >= 11 is 0. The summed E-state index contributed by atoms with van der Waals surface area (Å²) < 4.78 is 5.61. The Morgan fingerprint density at radius 1 is 1.38 bits per heavy atom. The molecule has 0 radical (unpaired) electrons.